The molecule has 1 aliphatic heterocycles. The highest BCUT2D eigenvalue weighted by atomic mass is 32.2. The van der Waals surface area contributed by atoms with Crippen LogP contribution in [0, 0.1) is 4.84 Å². The number of hydrogen-bond acceptors (Lipinski definition) is 5. The van der Waals surface area contributed by atoms with E-state index in [-0.39, 0.29) is 0 Å². The van der Waals surface area contributed by atoms with Crippen LogP contribution in [-0.2, 0) is 0 Å². The topological polar surface area (TPSA) is 32.2 Å². The van der Waals surface area contributed by atoms with Crippen molar-refractivity contribution < 1.29 is 4.42 Å². The van der Waals surface area contributed by atoms with Crippen molar-refractivity contribution in [1.29, 1.82) is 0 Å². The van der Waals surface area contributed by atoms with E-state index >= 15 is 0 Å². The molecule has 2 heterocycles. The summed E-state index contributed by atoms with van der Waals surface area (Å²) in [6, 6.07) is 0. The summed E-state index contributed by atoms with van der Waals surface area (Å²) in [5.41, 5.74) is 0. The summed E-state index contributed by atoms with van der Waals surface area (Å²) in [7, 11) is 0. The average molecular weight is 232 g/mol. The van der Waals surface area contributed by atoms with Crippen LogP contribution >= 0.6 is 37.0 Å². The molecule has 0 saturated heterocycles. The molecule has 1 aliphatic rings. The van der Waals surface area contributed by atoms with Crippen molar-refractivity contribution in [3.05, 3.63) is 41.1 Å². The van der Waals surface area contributed by atoms with Gasteiger partial charge in [0.25, 0.3) is 4.84 Å². The third-order valence-corrected chi connectivity index (χ3v) is 2.26. The monoisotopic (exact) mass is 232 g/mol. The molecular formula is C7H8N2OS3. The van der Waals surface area contributed by atoms with Gasteiger partial charge in [0.2, 0.25) is 0 Å². The molecule has 0 amide bonds. The van der Waals surface area contributed by atoms with Crippen LogP contribution in [0.15, 0.2) is 40.6 Å². The highest BCUT2D eigenvalue weighted by Crippen LogP contribution is 2.17. The Morgan fingerprint density at radius 1 is 1.54 bits per heavy atom. The lowest BCUT2D eigenvalue weighted by Gasteiger charge is -2.07. The Morgan fingerprint density at radius 2 is 2.38 bits per heavy atom. The fraction of sp³-hybridized carbons (Fsp3) is 0. The van der Waals surface area contributed by atoms with Gasteiger partial charge in [-0.05, 0) is 35.6 Å². The standard InChI is InChI=1S/C4H5NS2.C3H3NOS/c6-5-3-1-2-4-7-5;6-3-4-1-2-5-3/h1-4,6H;1-2H,(H,4,6). The second kappa shape index (κ2) is 5.95. The summed E-state index contributed by atoms with van der Waals surface area (Å²) in [4.78, 5) is 3.07. The maximum absolute atomic E-state index is 4.59. The van der Waals surface area contributed by atoms with Crippen molar-refractivity contribution in [1.82, 2.24) is 8.69 Å². The molecule has 0 aliphatic carbocycles. The summed E-state index contributed by atoms with van der Waals surface area (Å²) >= 11 is 10.1. The lowest BCUT2D eigenvalue weighted by Crippen LogP contribution is -1.88. The maximum Gasteiger partial charge on any atom is 0.265 e. The molecule has 0 unspecified atom stereocenters. The minimum atomic E-state index is 0.426. The van der Waals surface area contributed by atoms with Crippen LogP contribution in [0.25, 0.3) is 0 Å². The van der Waals surface area contributed by atoms with E-state index in [2.05, 4.69) is 34.4 Å². The number of thiol groups is 1. The SMILES string of the molecule is S=c1[nH]cco1.SN1C=CC=CS1. The van der Waals surface area contributed by atoms with Crippen LogP contribution in [0.4, 0.5) is 0 Å². The normalized spacial score (nSPS) is 13.8. The minimum Gasteiger partial charge on any atom is -0.438 e. The van der Waals surface area contributed by atoms with Gasteiger partial charge in [0.05, 0.1) is 0 Å². The molecule has 0 fully saturated rings. The highest BCUT2D eigenvalue weighted by molar-refractivity contribution is 8.07. The minimum absolute atomic E-state index is 0.426. The first kappa shape index (κ1) is 10.5. The quantitative estimate of drug-likeness (QED) is 0.409. The lowest BCUT2D eigenvalue weighted by atomic mass is 10.6. The molecule has 2 rings (SSSR count). The molecule has 0 radical (unpaired) electrons. The zero-order valence-corrected chi connectivity index (χ0v) is 9.11. The summed E-state index contributed by atoms with van der Waals surface area (Å²) in [5.74, 6) is 0. The van der Waals surface area contributed by atoms with Gasteiger partial charge in [-0.15, -0.1) is 0 Å². The number of rotatable bonds is 0. The van der Waals surface area contributed by atoms with E-state index in [0.29, 0.717) is 4.84 Å². The molecule has 0 spiro atoms. The second-order valence-electron chi connectivity index (χ2n) is 1.93. The van der Waals surface area contributed by atoms with Crippen molar-refractivity contribution in [3.8, 4) is 0 Å². The molecule has 0 atom stereocenters. The van der Waals surface area contributed by atoms with E-state index in [0.717, 1.165) is 0 Å². The van der Waals surface area contributed by atoms with Gasteiger partial charge in [-0.25, -0.2) is 0 Å². The first-order valence-corrected chi connectivity index (χ1v) is 5.04. The molecule has 70 valence electrons. The first-order chi connectivity index (χ1) is 6.29. The predicted octanol–water partition coefficient (Wildman–Crippen LogP) is 3.16. The molecule has 0 bridgehead atoms. The number of oxazole rings is 1. The van der Waals surface area contributed by atoms with Crippen LogP contribution < -0.4 is 0 Å². The molecule has 1 aromatic rings. The fourth-order valence-corrected chi connectivity index (χ4v) is 1.32. The third kappa shape index (κ3) is 4.87. The molecule has 13 heavy (non-hydrogen) atoms. The number of H-pyrrole nitrogens is 1. The summed E-state index contributed by atoms with van der Waals surface area (Å²) < 4.78 is 6.33. The van der Waals surface area contributed by atoms with E-state index in [1.165, 1.54) is 6.26 Å². The van der Waals surface area contributed by atoms with Crippen molar-refractivity contribution in [3.63, 3.8) is 0 Å². The van der Waals surface area contributed by atoms with Crippen molar-refractivity contribution in [2.24, 2.45) is 0 Å². The molecule has 0 saturated carbocycles. The van der Waals surface area contributed by atoms with Gasteiger partial charge < -0.3 is 9.40 Å². The smallest absolute Gasteiger partial charge is 0.265 e. The fourth-order valence-electron chi connectivity index (χ4n) is 0.533. The highest BCUT2D eigenvalue weighted by Gasteiger charge is 1.88. The Morgan fingerprint density at radius 3 is 2.62 bits per heavy atom. The van der Waals surface area contributed by atoms with Gasteiger partial charge in [0.1, 0.15) is 6.26 Å². The maximum atomic E-state index is 4.59. The van der Waals surface area contributed by atoms with Crippen LogP contribution in [0.3, 0.4) is 0 Å². The van der Waals surface area contributed by atoms with Gasteiger partial charge in [0, 0.05) is 12.4 Å². The van der Waals surface area contributed by atoms with Gasteiger partial charge in [0.15, 0.2) is 0 Å². The molecule has 3 nitrogen and oxygen atoms in total. The van der Waals surface area contributed by atoms with E-state index in [1.807, 2.05) is 23.8 Å². The number of nitrogens with zero attached hydrogens (tertiary/aromatic N) is 1. The number of aromatic nitrogens is 1. The van der Waals surface area contributed by atoms with Crippen LogP contribution in [0.5, 0.6) is 0 Å². The van der Waals surface area contributed by atoms with E-state index in [1.54, 1.807) is 21.9 Å². The van der Waals surface area contributed by atoms with E-state index in [9.17, 15) is 0 Å². The van der Waals surface area contributed by atoms with Crippen LogP contribution in [-0.4, -0.2) is 8.69 Å². The lowest BCUT2D eigenvalue weighted by molar-refractivity contribution is 0.540. The average Bonchev–Trinajstić information content (AvgIpc) is 2.58. The van der Waals surface area contributed by atoms with Crippen molar-refractivity contribution in [2.45, 2.75) is 0 Å². The molecule has 6 heteroatoms. The van der Waals surface area contributed by atoms with Gasteiger partial charge in [-0.2, -0.15) is 0 Å². The van der Waals surface area contributed by atoms with Crippen LogP contribution in [0.1, 0.15) is 0 Å². The van der Waals surface area contributed by atoms with Gasteiger partial charge >= 0.3 is 0 Å². The Hall–Kier alpha value is -0.590. The molecule has 1 N–H and O–H groups in total. The first-order valence-electron chi connectivity index (χ1n) is 3.39. The largest absolute Gasteiger partial charge is 0.438 e. The zero-order chi connectivity index (χ0) is 9.52. The number of nitrogens with one attached hydrogen (secondary N) is 1. The second-order valence-corrected chi connectivity index (χ2v) is 3.88. The van der Waals surface area contributed by atoms with Crippen LogP contribution in [0.2, 0.25) is 0 Å². The Kier molecular flexibility index (Phi) is 4.81. The summed E-state index contributed by atoms with van der Waals surface area (Å²) in [5, 5.41) is 1.97. The molecular weight excluding hydrogens is 224 g/mol. The molecule has 1 aromatic heterocycles. The third-order valence-electron chi connectivity index (χ3n) is 1.02. The Labute approximate surface area is 91.2 Å². The van der Waals surface area contributed by atoms with Gasteiger partial charge in [-0.1, -0.05) is 18.9 Å². The number of hydrogen-bond donors (Lipinski definition) is 2. The summed E-state index contributed by atoms with van der Waals surface area (Å²) in [6.45, 7) is 0. The van der Waals surface area contributed by atoms with Gasteiger partial charge in [-0.3, -0.25) is 3.71 Å². The van der Waals surface area contributed by atoms with E-state index in [4.69, 9.17) is 0 Å². The zero-order valence-electron chi connectivity index (χ0n) is 6.58. The van der Waals surface area contributed by atoms with Crippen molar-refractivity contribution >= 4 is 37.0 Å². The molecule has 0 aromatic carbocycles. The van der Waals surface area contributed by atoms with Crippen molar-refractivity contribution in [2.75, 3.05) is 0 Å². The number of allylic oxidation sites excluding steroid dienone is 2. The summed E-state index contributed by atoms with van der Waals surface area (Å²) in [6.07, 6.45) is 8.93. The Bertz CT molecular complexity index is 325. The Balaban J connectivity index is 0.000000132. The predicted molar refractivity (Wildman–Crippen MR) is 60.6 cm³/mol. The number of aromatic amines is 1. The van der Waals surface area contributed by atoms with E-state index < -0.39 is 0 Å².